The lowest BCUT2D eigenvalue weighted by molar-refractivity contribution is 0.159. The van der Waals surface area contributed by atoms with E-state index in [0.717, 1.165) is 19.0 Å². The zero-order valence-electron chi connectivity index (χ0n) is 9.95. The van der Waals surface area contributed by atoms with Crippen molar-refractivity contribution in [3.8, 4) is 0 Å². The summed E-state index contributed by atoms with van der Waals surface area (Å²) in [5, 5.41) is 3.45. The number of piperazine rings is 1. The fourth-order valence-corrected chi connectivity index (χ4v) is 2.96. The summed E-state index contributed by atoms with van der Waals surface area (Å²) in [5.41, 5.74) is 3.16. The number of benzene rings is 1. The highest BCUT2D eigenvalue weighted by atomic mass is 15.2. The molecule has 2 nitrogen and oxygen atoms in total. The Hall–Kier alpha value is -0.860. The van der Waals surface area contributed by atoms with Gasteiger partial charge in [-0.3, -0.25) is 4.90 Å². The molecule has 16 heavy (non-hydrogen) atoms. The van der Waals surface area contributed by atoms with Gasteiger partial charge in [0.25, 0.3) is 0 Å². The Morgan fingerprint density at radius 1 is 1.38 bits per heavy atom. The van der Waals surface area contributed by atoms with Crippen molar-refractivity contribution in [2.24, 2.45) is 0 Å². The third-order valence-corrected chi connectivity index (χ3v) is 4.06. The zero-order valence-corrected chi connectivity index (χ0v) is 9.95. The van der Waals surface area contributed by atoms with Crippen LogP contribution in [0.4, 0.5) is 0 Å². The van der Waals surface area contributed by atoms with Gasteiger partial charge in [-0.2, -0.15) is 0 Å². The van der Waals surface area contributed by atoms with Crippen LogP contribution >= 0.6 is 0 Å². The molecule has 1 fully saturated rings. The van der Waals surface area contributed by atoms with Crippen LogP contribution in [0, 0.1) is 0 Å². The molecule has 86 valence electrons. The Bertz CT molecular complexity index is 375. The second-order valence-corrected chi connectivity index (χ2v) is 5.15. The average molecular weight is 216 g/mol. The summed E-state index contributed by atoms with van der Waals surface area (Å²) in [7, 11) is 0. The van der Waals surface area contributed by atoms with Crippen LogP contribution in [0.3, 0.4) is 0 Å². The van der Waals surface area contributed by atoms with Crippen LogP contribution in [0.5, 0.6) is 0 Å². The lowest BCUT2D eigenvalue weighted by Crippen LogP contribution is -2.51. The summed E-state index contributed by atoms with van der Waals surface area (Å²) in [5.74, 6) is 0.789. The summed E-state index contributed by atoms with van der Waals surface area (Å²) in [6.07, 6.45) is 1.28. The first-order chi connectivity index (χ1) is 7.84. The monoisotopic (exact) mass is 216 g/mol. The maximum Gasteiger partial charge on any atom is 0.0193 e. The Morgan fingerprint density at radius 3 is 3.06 bits per heavy atom. The largest absolute Gasteiger partial charge is 0.314 e. The number of rotatable bonds is 2. The summed E-state index contributed by atoms with van der Waals surface area (Å²) in [6.45, 7) is 7.09. The molecule has 0 bridgehead atoms. The molecule has 0 saturated carbocycles. The van der Waals surface area contributed by atoms with Gasteiger partial charge >= 0.3 is 0 Å². The van der Waals surface area contributed by atoms with Gasteiger partial charge in [0.15, 0.2) is 0 Å². The minimum absolute atomic E-state index is 0.696. The molecule has 1 aliphatic carbocycles. The lowest BCUT2D eigenvalue weighted by Gasteiger charge is -2.40. The second-order valence-electron chi connectivity index (χ2n) is 5.15. The van der Waals surface area contributed by atoms with E-state index in [2.05, 4.69) is 41.4 Å². The molecule has 1 heterocycles. The summed E-state index contributed by atoms with van der Waals surface area (Å²) in [4.78, 5) is 2.64. The van der Waals surface area contributed by atoms with Crippen molar-refractivity contribution in [3.05, 3.63) is 35.4 Å². The molecule has 2 heteroatoms. The van der Waals surface area contributed by atoms with Gasteiger partial charge in [0.2, 0.25) is 0 Å². The molecule has 1 aliphatic heterocycles. The van der Waals surface area contributed by atoms with E-state index in [1.54, 1.807) is 11.1 Å². The molecule has 0 amide bonds. The lowest BCUT2D eigenvalue weighted by atomic mass is 9.77. The predicted octanol–water partition coefficient (Wildman–Crippen LogP) is 1.62. The minimum Gasteiger partial charge on any atom is -0.314 e. The van der Waals surface area contributed by atoms with Crippen LogP contribution in [-0.2, 0) is 6.42 Å². The van der Waals surface area contributed by atoms with Crippen LogP contribution in [0.2, 0.25) is 0 Å². The highest BCUT2D eigenvalue weighted by molar-refractivity contribution is 5.40. The van der Waals surface area contributed by atoms with E-state index in [9.17, 15) is 0 Å². The van der Waals surface area contributed by atoms with Gasteiger partial charge in [0.1, 0.15) is 0 Å². The number of hydrogen-bond donors (Lipinski definition) is 1. The quantitative estimate of drug-likeness (QED) is 0.808. The zero-order chi connectivity index (χ0) is 11.0. The first-order valence-electron chi connectivity index (χ1n) is 6.37. The first-order valence-corrected chi connectivity index (χ1v) is 6.37. The highest BCUT2D eigenvalue weighted by Crippen LogP contribution is 2.35. The summed E-state index contributed by atoms with van der Waals surface area (Å²) >= 11 is 0. The van der Waals surface area contributed by atoms with Crippen molar-refractivity contribution >= 4 is 0 Å². The molecule has 0 radical (unpaired) electrons. The van der Waals surface area contributed by atoms with E-state index in [1.807, 2.05) is 0 Å². The van der Waals surface area contributed by atoms with E-state index in [1.165, 1.54) is 19.5 Å². The number of hydrogen-bond acceptors (Lipinski definition) is 2. The van der Waals surface area contributed by atoms with Gasteiger partial charge in [0, 0.05) is 38.1 Å². The smallest absolute Gasteiger partial charge is 0.0193 e. The summed E-state index contributed by atoms with van der Waals surface area (Å²) < 4.78 is 0. The fraction of sp³-hybridized carbons (Fsp3) is 0.571. The molecule has 2 aliphatic rings. The summed E-state index contributed by atoms with van der Waals surface area (Å²) in [6, 6.07) is 9.60. The van der Waals surface area contributed by atoms with E-state index in [0.29, 0.717) is 6.04 Å². The Morgan fingerprint density at radius 2 is 2.25 bits per heavy atom. The molecular weight excluding hydrogens is 196 g/mol. The molecule has 1 aromatic rings. The Kier molecular flexibility index (Phi) is 2.70. The van der Waals surface area contributed by atoms with E-state index in [4.69, 9.17) is 0 Å². The molecule has 1 unspecified atom stereocenters. The normalized spacial score (nSPS) is 29.6. The molecule has 1 saturated heterocycles. The van der Waals surface area contributed by atoms with Crippen molar-refractivity contribution in [2.75, 3.05) is 26.2 Å². The van der Waals surface area contributed by atoms with Gasteiger partial charge in [-0.25, -0.2) is 0 Å². The van der Waals surface area contributed by atoms with Crippen molar-refractivity contribution in [1.29, 1.82) is 0 Å². The van der Waals surface area contributed by atoms with Crippen molar-refractivity contribution in [3.63, 3.8) is 0 Å². The molecule has 0 spiro atoms. The number of nitrogens with one attached hydrogen (secondary N) is 1. The third kappa shape index (κ3) is 1.76. The van der Waals surface area contributed by atoms with Gasteiger partial charge < -0.3 is 5.32 Å². The minimum atomic E-state index is 0.696. The maximum absolute atomic E-state index is 3.45. The van der Waals surface area contributed by atoms with Crippen LogP contribution in [0.15, 0.2) is 24.3 Å². The van der Waals surface area contributed by atoms with Crippen LogP contribution in [0.25, 0.3) is 0 Å². The standard InChI is InChI=1S/C14H20N2/c1-11-9-15-6-7-16(11)10-13-8-12-4-2-3-5-14(12)13/h2-5,11,13,15H,6-10H2,1H3/t11-,13?/m0/s1. The Labute approximate surface area is 97.6 Å². The maximum atomic E-state index is 3.45. The number of fused-ring (bicyclic) bond motifs is 1. The number of nitrogens with zero attached hydrogens (tertiary/aromatic N) is 1. The first kappa shape index (κ1) is 10.3. The molecule has 0 aromatic heterocycles. The van der Waals surface area contributed by atoms with Gasteiger partial charge in [-0.15, -0.1) is 0 Å². The van der Waals surface area contributed by atoms with Crippen molar-refractivity contribution < 1.29 is 0 Å². The van der Waals surface area contributed by atoms with E-state index < -0.39 is 0 Å². The van der Waals surface area contributed by atoms with Crippen molar-refractivity contribution in [2.45, 2.75) is 25.3 Å². The van der Waals surface area contributed by atoms with E-state index >= 15 is 0 Å². The molecule has 1 aromatic carbocycles. The second kappa shape index (κ2) is 4.19. The Balaban J connectivity index is 1.65. The van der Waals surface area contributed by atoms with Crippen LogP contribution in [-0.4, -0.2) is 37.1 Å². The van der Waals surface area contributed by atoms with Crippen LogP contribution < -0.4 is 5.32 Å². The molecule has 2 atom stereocenters. The van der Waals surface area contributed by atoms with Crippen LogP contribution in [0.1, 0.15) is 24.0 Å². The van der Waals surface area contributed by atoms with E-state index in [-0.39, 0.29) is 0 Å². The fourth-order valence-electron chi connectivity index (χ4n) is 2.96. The van der Waals surface area contributed by atoms with Gasteiger partial charge in [-0.1, -0.05) is 24.3 Å². The predicted molar refractivity (Wildman–Crippen MR) is 66.8 cm³/mol. The van der Waals surface area contributed by atoms with Gasteiger partial charge in [-0.05, 0) is 24.5 Å². The topological polar surface area (TPSA) is 15.3 Å². The SMILES string of the molecule is C[C@H]1CNCCN1CC1Cc2ccccc21. The third-order valence-electron chi connectivity index (χ3n) is 4.06. The average Bonchev–Trinajstić information content (AvgIpc) is 2.28. The molecule has 3 rings (SSSR count). The molecular formula is C14H20N2. The highest BCUT2D eigenvalue weighted by Gasteiger charge is 2.29. The van der Waals surface area contributed by atoms with Gasteiger partial charge in [0.05, 0.1) is 0 Å². The van der Waals surface area contributed by atoms with Crippen molar-refractivity contribution in [1.82, 2.24) is 10.2 Å². The molecule has 1 N–H and O–H groups in total.